The molecule has 0 radical (unpaired) electrons. The largest absolute Gasteiger partial charge is 0.352 e. The van der Waals surface area contributed by atoms with Gasteiger partial charge in [-0.2, -0.15) is 0 Å². The molecule has 3 rings (SSSR count). The maximum atomic E-state index is 12.6. The molecular weight excluding hydrogens is 402 g/mol. The summed E-state index contributed by atoms with van der Waals surface area (Å²) in [6.45, 7) is 2.77. The van der Waals surface area contributed by atoms with E-state index in [1.54, 1.807) is 24.3 Å². The minimum Gasteiger partial charge on any atom is -0.352 e. The minimum absolute atomic E-state index is 0.0654. The molecule has 32 heavy (non-hydrogen) atoms. The lowest BCUT2D eigenvalue weighted by atomic mass is 10.0. The van der Waals surface area contributed by atoms with Crippen molar-refractivity contribution >= 4 is 23.4 Å². The van der Waals surface area contributed by atoms with Gasteiger partial charge in [-0.15, -0.1) is 0 Å². The van der Waals surface area contributed by atoms with Crippen molar-refractivity contribution in [1.82, 2.24) is 10.6 Å². The van der Waals surface area contributed by atoms with E-state index in [-0.39, 0.29) is 11.8 Å². The van der Waals surface area contributed by atoms with Gasteiger partial charge < -0.3 is 16.0 Å². The van der Waals surface area contributed by atoms with Crippen LogP contribution in [0.2, 0.25) is 0 Å². The zero-order valence-electron chi connectivity index (χ0n) is 18.0. The Morgan fingerprint density at radius 1 is 0.750 bits per heavy atom. The Balaban J connectivity index is 1.53. The molecule has 164 valence electrons. The van der Waals surface area contributed by atoms with Crippen LogP contribution in [0, 0.1) is 0 Å². The van der Waals surface area contributed by atoms with Crippen LogP contribution in [0.3, 0.4) is 0 Å². The highest BCUT2D eigenvalue weighted by atomic mass is 16.2. The number of rotatable bonds is 8. The summed E-state index contributed by atoms with van der Waals surface area (Å²) >= 11 is 0. The number of hydrogen-bond acceptors (Lipinski definition) is 3. The number of carbonyl (C=O) groups excluding carboxylic acids is 3. The number of amides is 3. The quantitative estimate of drug-likeness (QED) is 0.479. The van der Waals surface area contributed by atoms with Crippen molar-refractivity contribution in [3.63, 3.8) is 0 Å². The van der Waals surface area contributed by atoms with Crippen molar-refractivity contribution in [2.75, 3.05) is 18.4 Å². The molecule has 0 saturated heterocycles. The van der Waals surface area contributed by atoms with Gasteiger partial charge in [0, 0.05) is 13.1 Å². The predicted octanol–water partition coefficient (Wildman–Crippen LogP) is 3.52. The van der Waals surface area contributed by atoms with E-state index in [0.29, 0.717) is 30.8 Å². The number of para-hydroxylation sites is 1. The number of nitrogens with one attached hydrogen (secondary N) is 3. The maximum Gasteiger partial charge on any atom is 0.313 e. The molecule has 1 atom stereocenters. The van der Waals surface area contributed by atoms with Crippen LogP contribution in [-0.2, 0) is 16.0 Å². The van der Waals surface area contributed by atoms with Crippen molar-refractivity contribution < 1.29 is 14.4 Å². The van der Waals surface area contributed by atoms with E-state index in [9.17, 15) is 14.4 Å². The third-order valence-corrected chi connectivity index (χ3v) is 5.11. The molecule has 0 aliphatic heterocycles. The van der Waals surface area contributed by atoms with Crippen LogP contribution in [0.5, 0.6) is 0 Å². The molecular formula is C26H27N3O3. The molecule has 6 nitrogen and oxygen atoms in total. The van der Waals surface area contributed by atoms with Gasteiger partial charge in [-0.3, -0.25) is 14.4 Å². The summed E-state index contributed by atoms with van der Waals surface area (Å²) in [5.41, 5.74) is 2.79. The fourth-order valence-corrected chi connectivity index (χ4v) is 3.25. The highest BCUT2D eigenvalue weighted by Crippen LogP contribution is 2.16. The summed E-state index contributed by atoms with van der Waals surface area (Å²) < 4.78 is 0. The predicted molar refractivity (Wildman–Crippen MR) is 125 cm³/mol. The first-order valence-corrected chi connectivity index (χ1v) is 10.6. The van der Waals surface area contributed by atoms with E-state index < -0.39 is 11.8 Å². The molecule has 3 aromatic carbocycles. The first kappa shape index (κ1) is 22.7. The van der Waals surface area contributed by atoms with E-state index in [1.807, 2.05) is 67.6 Å². The average molecular weight is 430 g/mol. The molecule has 3 amide bonds. The Bertz CT molecular complexity index is 1050. The van der Waals surface area contributed by atoms with Gasteiger partial charge in [-0.1, -0.05) is 79.7 Å². The fourth-order valence-electron chi connectivity index (χ4n) is 3.25. The number of hydrogen-bond donors (Lipinski definition) is 3. The Kier molecular flexibility index (Phi) is 8.15. The first-order chi connectivity index (χ1) is 15.5. The van der Waals surface area contributed by atoms with Crippen molar-refractivity contribution in [2.45, 2.75) is 19.3 Å². The molecule has 0 spiro atoms. The van der Waals surface area contributed by atoms with Crippen LogP contribution < -0.4 is 16.0 Å². The topological polar surface area (TPSA) is 87.3 Å². The lowest BCUT2D eigenvalue weighted by molar-refractivity contribution is -0.136. The molecule has 0 aromatic heterocycles. The van der Waals surface area contributed by atoms with Gasteiger partial charge in [0.25, 0.3) is 5.91 Å². The second kappa shape index (κ2) is 11.5. The van der Waals surface area contributed by atoms with Crippen molar-refractivity contribution in [3.05, 3.63) is 102 Å². The van der Waals surface area contributed by atoms with Crippen LogP contribution >= 0.6 is 0 Å². The lowest BCUT2D eigenvalue weighted by Crippen LogP contribution is -2.37. The zero-order valence-corrected chi connectivity index (χ0v) is 18.0. The molecule has 3 aromatic rings. The second-order valence-corrected chi connectivity index (χ2v) is 7.51. The monoisotopic (exact) mass is 429 g/mol. The molecule has 6 heteroatoms. The summed E-state index contributed by atoms with van der Waals surface area (Å²) in [6.07, 6.45) is 0.698. The molecule has 0 bridgehead atoms. The molecule has 0 aliphatic carbocycles. The smallest absolute Gasteiger partial charge is 0.313 e. The summed E-state index contributed by atoms with van der Waals surface area (Å²) in [4.78, 5) is 37.3. The van der Waals surface area contributed by atoms with Gasteiger partial charge in [0.2, 0.25) is 0 Å². The summed E-state index contributed by atoms with van der Waals surface area (Å²) in [6, 6.07) is 26.2. The van der Waals surface area contributed by atoms with Crippen molar-refractivity contribution in [3.8, 4) is 0 Å². The summed E-state index contributed by atoms with van der Waals surface area (Å²) in [5, 5.41) is 8.06. The molecule has 0 fully saturated rings. The van der Waals surface area contributed by atoms with Gasteiger partial charge in [0.15, 0.2) is 0 Å². The number of benzene rings is 3. The molecule has 0 heterocycles. The number of anilines is 1. The SMILES string of the molecule is C[C@@H](CNC(=O)C(=O)Nc1ccccc1C(=O)NCCc1ccccc1)c1ccccc1. The second-order valence-electron chi connectivity index (χ2n) is 7.51. The zero-order chi connectivity index (χ0) is 22.8. The maximum absolute atomic E-state index is 12.6. The molecule has 0 aliphatic rings. The highest BCUT2D eigenvalue weighted by molar-refractivity contribution is 6.40. The first-order valence-electron chi connectivity index (χ1n) is 10.6. The molecule has 0 unspecified atom stereocenters. The minimum atomic E-state index is -0.810. The van der Waals surface area contributed by atoms with E-state index in [4.69, 9.17) is 0 Å². The van der Waals surface area contributed by atoms with E-state index >= 15 is 0 Å². The van der Waals surface area contributed by atoms with Crippen LogP contribution in [0.1, 0.15) is 34.3 Å². The standard InChI is InChI=1S/C26H27N3O3/c1-19(21-12-6-3-7-13-21)18-28-25(31)26(32)29-23-15-9-8-14-22(23)24(30)27-17-16-20-10-4-2-5-11-20/h2-15,19H,16-18H2,1H3,(H,27,30)(H,28,31)(H,29,32)/t19-/m0/s1. The molecule has 0 saturated carbocycles. The Hall–Kier alpha value is -3.93. The normalized spacial score (nSPS) is 11.3. The number of carbonyl (C=O) groups is 3. The Labute approximate surface area is 188 Å². The summed E-state index contributed by atoms with van der Waals surface area (Å²) in [7, 11) is 0. The third kappa shape index (κ3) is 6.54. The van der Waals surface area contributed by atoms with Gasteiger partial charge in [0.1, 0.15) is 0 Å². The van der Waals surface area contributed by atoms with Gasteiger partial charge >= 0.3 is 11.8 Å². The van der Waals surface area contributed by atoms with Gasteiger partial charge in [-0.25, -0.2) is 0 Å². The Morgan fingerprint density at radius 2 is 1.38 bits per heavy atom. The lowest BCUT2D eigenvalue weighted by Gasteiger charge is -2.14. The molecule has 3 N–H and O–H groups in total. The summed E-state index contributed by atoms with van der Waals surface area (Å²) in [5.74, 6) is -1.80. The van der Waals surface area contributed by atoms with E-state index in [2.05, 4.69) is 16.0 Å². The Morgan fingerprint density at radius 3 is 2.09 bits per heavy atom. The van der Waals surface area contributed by atoms with Gasteiger partial charge in [0.05, 0.1) is 11.3 Å². The van der Waals surface area contributed by atoms with Crippen molar-refractivity contribution in [2.24, 2.45) is 0 Å². The van der Waals surface area contributed by atoms with Gasteiger partial charge in [-0.05, 0) is 35.6 Å². The third-order valence-electron chi connectivity index (χ3n) is 5.11. The fraction of sp³-hybridized carbons (Fsp3) is 0.192. The van der Waals surface area contributed by atoms with Crippen molar-refractivity contribution in [1.29, 1.82) is 0 Å². The van der Waals surface area contributed by atoms with Crippen LogP contribution in [0.15, 0.2) is 84.9 Å². The average Bonchev–Trinajstić information content (AvgIpc) is 2.83. The van der Waals surface area contributed by atoms with E-state index in [1.165, 1.54) is 0 Å². The van der Waals surface area contributed by atoms with Crippen LogP contribution in [0.4, 0.5) is 5.69 Å². The van der Waals surface area contributed by atoms with Crippen LogP contribution in [0.25, 0.3) is 0 Å². The van der Waals surface area contributed by atoms with Crippen LogP contribution in [-0.4, -0.2) is 30.8 Å². The highest BCUT2D eigenvalue weighted by Gasteiger charge is 2.18. The van der Waals surface area contributed by atoms with E-state index in [0.717, 1.165) is 11.1 Å².